The van der Waals surface area contributed by atoms with E-state index < -0.39 is 16.4 Å². The molecule has 0 saturated heterocycles. The summed E-state index contributed by atoms with van der Waals surface area (Å²) in [5, 5.41) is 20.0. The molecular formula is C13H17FN2O4. The molecule has 1 aromatic rings. The van der Waals surface area contributed by atoms with E-state index in [4.69, 9.17) is 9.84 Å². The number of hydrogen-bond donors (Lipinski definition) is 1. The molecule has 1 aromatic carbocycles. The van der Waals surface area contributed by atoms with Crippen molar-refractivity contribution in [3.8, 4) is 5.75 Å². The number of aliphatic hydroxyl groups is 1. The van der Waals surface area contributed by atoms with Crippen molar-refractivity contribution < 1.29 is 19.2 Å². The number of hydrogen-bond acceptors (Lipinski definition) is 5. The van der Waals surface area contributed by atoms with Gasteiger partial charge in [-0.05, 0) is 19.3 Å². The summed E-state index contributed by atoms with van der Waals surface area (Å²) in [6, 6.07) is 2.38. The number of methoxy groups -OCH3 is 1. The third-order valence-corrected chi connectivity index (χ3v) is 3.61. The monoisotopic (exact) mass is 284 g/mol. The van der Waals surface area contributed by atoms with Crippen LogP contribution >= 0.6 is 0 Å². The maximum Gasteiger partial charge on any atom is 0.313 e. The normalized spacial score (nSPS) is 14.8. The van der Waals surface area contributed by atoms with E-state index in [1.807, 2.05) is 0 Å². The lowest BCUT2D eigenvalue weighted by molar-refractivity contribution is -0.385. The molecule has 0 aromatic heterocycles. The summed E-state index contributed by atoms with van der Waals surface area (Å²) < 4.78 is 19.1. The molecular weight excluding hydrogens is 267 g/mol. The molecule has 0 aliphatic heterocycles. The molecule has 0 atom stereocenters. The highest BCUT2D eigenvalue weighted by molar-refractivity contribution is 5.61. The Kier molecular flexibility index (Phi) is 4.39. The quantitative estimate of drug-likeness (QED) is 0.639. The van der Waals surface area contributed by atoms with Gasteiger partial charge in [0.1, 0.15) is 0 Å². The van der Waals surface area contributed by atoms with E-state index in [9.17, 15) is 14.5 Å². The van der Waals surface area contributed by atoms with Crippen molar-refractivity contribution in [2.45, 2.75) is 25.3 Å². The van der Waals surface area contributed by atoms with Crippen molar-refractivity contribution in [1.29, 1.82) is 0 Å². The van der Waals surface area contributed by atoms with Crippen molar-refractivity contribution in [3.63, 3.8) is 0 Å². The Morgan fingerprint density at radius 2 is 2.25 bits per heavy atom. The summed E-state index contributed by atoms with van der Waals surface area (Å²) in [4.78, 5) is 11.9. The van der Waals surface area contributed by atoms with Crippen LogP contribution in [0, 0.1) is 15.9 Å². The average molecular weight is 284 g/mol. The van der Waals surface area contributed by atoms with Gasteiger partial charge in [-0.1, -0.05) is 0 Å². The molecule has 1 aliphatic rings. The van der Waals surface area contributed by atoms with Gasteiger partial charge in [0.05, 0.1) is 30.4 Å². The topological polar surface area (TPSA) is 75.8 Å². The Hall–Kier alpha value is -1.89. The fraction of sp³-hybridized carbons (Fsp3) is 0.538. The second-order valence-corrected chi connectivity index (χ2v) is 4.73. The maximum atomic E-state index is 14.1. The van der Waals surface area contributed by atoms with Gasteiger partial charge in [-0.2, -0.15) is 0 Å². The molecule has 1 fully saturated rings. The predicted molar refractivity (Wildman–Crippen MR) is 71.7 cm³/mol. The fourth-order valence-electron chi connectivity index (χ4n) is 2.36. The Morgan fingerprint density at radius 3 is 2.70 bits per heavy atom. The van der Waals surface area contributed by atoms with Crippen molar-refractivity contribution >= 4 is 11.4 Å². The zero-order chi connectivity index (χ0) is 14.7. The van der Waals surface area contributed by atoms with Crippen molar-refractivity contribution in [1.82, 2.24) is 0 Å². The first-order chi connectivity index (χ1) is 9.58. The van der Waals surface area contributed by atoms with Gasteiger partial charge in [-0.3, -0.25) is 10.1 Å². The molecule has 0 radical (unpaired) electrons. The Balaban J connectivity index is 2.40. The van der Waals surface area contributed by atoms with E-state index in [1.54, 1.807) is 4.90 Å². The van der Waals surface area contributed by atoms with Crippen LogP contribution in [-0.2, 0) is 0 Å². The minimum absolute atomic E-state index is 0.0219. The van der Waals surface area contributed by atoms with Crippen molar-refractivity contribution in [3.05, 3.63) is 28.1 Å². The first-order valence-corrected chi connectivity index (χ1v) is 6.48. The summed E-state index contributed by atoms with van der Waals surface area (Å²) in [5.41, 5.74) is -0.155. The van der Waals surface area contributed by atoms with Crippen molar-refractivity contribution in [2.24, 2.45) is 0 Å². The van der Waals surface area contributed by atoms with Gasteiger partial charge in [0, 0.05) is 18.7 Å². The molecule has 7 heteroatoms. The molecule has 20 heavy (non-hydrogen) atoms. The molecule has 0 amide bonds. The highest BCUT2D eigenvalue weighted by Gasteiger charge is 2.29. The lowest BCUT2D eigenvalue weighted by atomic mass is 9.91. The molecule has 0 heterocycles. The summed E-state index contributed by atoms with van der Waals surface area (Å²) in [6.45, 7) is 0.192. The van der Waals surface area contributed by atoms with E-state index >= 15 is 0 Å². The molecule has 2 rings (SSSR count). The van der Waals surface area contributed by atoms with Gasteiger partial charge < -0.3 is 14.7 Å². The molecule has 1 aliphatic carbocycles. The largest absolute Gasteiger partial charge is 0.490 e. The number of halogens is 1. The number of nitro benzene ring substituents is 1. The SMILES string of the molecule is COc1cc(N(CCO)C2CCC2)c(F)cc1[N+](=O)[O-]. The van der Waals surface area contributed by atoms with Gasteiger partial charge in [0.25, 0.3) is 0 Å². The van der Waals surface area contributed by atoms with Crippen LogP contribution < -0.4 is 9.64 Å². The molecule has 6 nitrogen and oxygen atoms in total. The maximum absolute atomic E-state index is 14.1. The number of benzene rings is 1. The van der Waals surface area contributed by atoms with Gasteiger partial charge in [-0.15, -0.1) is 0 Å². The first-order valence-electron chi connectivity index (χ1n) is 6.48. The highest BCUT2D eigenvalue weighted by Crippen LogP contribution is 2.37. The van der Waals surface area contributed by atoms with Crippen LogP contribution in [0.5, 0.6) is 5.75 Å². The summed E-state index contributed by atoms with van der Waals surface area (Å²) in [7, 11) is 1.31. The minimum Gasteiger partial charge on any atom is -0.490 e. The zero-order valence-corrected chi connectivity index (χ0v) is 11.2. The van der Waals surface area contributed by atoms with Gasteiger partial charge in [0.2, 0.25) is 0 Å². The number of anilines is 1. The Bertz CT molecular complexity index is 505. The van der Waals surface area contributed by atoms with Gasteiger partial charge in [-0.25, -0.2) is 4.39 Å². The second kappa shape index (κ2) is 6.04. The third kappa shape index (κ3) is 2.67. The van der Waals surface area contributed by atoms with Crippen LogP contribution in [0.3, 0.4) is 0 Å². The molecule has 0 spiro atoms. The Morgan fingerprint density at radius 1 is 1.55 bits per heavy atom. The summed E-state index contributed by atoms with van der Waals surface area (Å²) >= 11 is 0. The minimum atomic E-state index is -0.675. The lowest BCUT2D eigenvalue weighted by Gasteiger charge is -2.39. The third-order valence-electron chi connectivity index (χ3n) is 3.61. The van der Waals surface area contributed by atoms with E-state index in [-0.39, 0.29) is 24.1 Å². The van der Waals surface area contributed by atoms with Crippen LogP contribution in [0.15, 0.2) is 12.1 Å². The number of rotatable bonds is 6. The van der Waals surface area contributed by atoms with Crippen LogP contribution in [0.1, 0.15) is 19.3 Å². The van der Waals surface area contributed by atoms with Crippen LogP contribution in [-0.4, -0.2) is 36.3 Å². The highest BCUT2D eigenvalue weighted by atomic mass is 19.1. The predicted octanol–water partition coefficient (Wildman–Crippen LogP) is 2.09. The molecule has 0 bridgehead atoms. The van der Waals surface area contributed by atoms with E-state index in [0.29, 0.717) is 6.54 Å². The number of ether oxygens (including phenoxy) is 1. The summed E-state index contributed by atoms with van der Waals surface area (Å²) in [6.07, 6.45) is 2.93. The van der Waals surface area contributed by atoms with E-state index in [0.717, 1.165) is 25.3 Å². The van der Waals surface area contributed by atoms with Crippen LogP contribution in [0.4, 0.5) is 15.8 Å². The van der Waals surface area contributed by atoms with Gasteiger partial charge >= 0.3 is 5.69 Å². The lowest BCUT2D eigenvalue weighted by Crippen LogP contribution is -2.42. The van der Waals surface area contributed by atoms with E-state index in [2.05, 4.69) is 0 Å². The van der Waals surface area contributed by atoms with Gasteiger partial charge in [0.15, 0.2) is 11.6 Å². The summed E-state index contributed by atoms with van der Waals surface area (Å²) in [5.74, 6) is -0.647. The zero-order valence-electron chi connectivity index (χ0n) is 11.2. The first kappa shape index (κ1) is 14.5. The smallest absolute Gasteiger partial charge is 0.313 e. The second-order valence-electron chi connectivity index (χ2n) is 4.73. The molecule has 110 valence electrons. The Labute approximate surface area is 115 Å². The number of nitrogens with zero attached hydrogens (tertiary/aromatic N) is 2. The number of nitro groups is 1. The molecule has 1 N–H and O–H groups in total. The van der Waals surface area contributed by atoms with Crippen LogP contribution in [0.2, 0.25) is 0 Å². The fourth-order valence-corrected chi connectivity index (χ4v) is 2.36. The van der Waals surface area contributed by atoms with Crippen LogP contribution in [0.25, 0.3) is 0 Å². The van der Waals surface area contributed by atoms with E-state index in [1.165, 1.54) is 13.2 Å². The number of aliphatic hydroxyl groups excluding tert-OH is 1. The molecule has 1 saturated carbocycles. The van der Waals surface area contributed by atoms with Crippen molar-refractivity contribution in [2.75, 3.05) is 25.2 Å². The molecule has 0 unspecified atom stereocenters. The average Bonchev–Trinajstić information content (AvgIpc) is 2.35. The standard InChI is InChI=1S/C13H17FN2O4/c1-20-13-8-11(10(14)7-12(13)16(18)19)15(5-6-17)9-3-2-4-9/h7-9,17H,2-6H2,1H3.